The van der Waals surface area contributed by atoms with Gasteiger partial charge < -0.3 is 10.6 Å². The topological polar surface area (TPSA) is 59.0 Å². The van der Waals surface area contributed by atoms with Crippen LogP contribution in [0.25, 0.3) is 0 Å². The number of nitrogens with one attached hydrogen (secondary N) is 2. The van der Waals surface area contributed by atoms with Crippen molar-refractivity contribution in [1.82, 2.24) is 20.4 Å². The second-order valence-electron chi connectivity index (χ2n) is 5.88. The van der Waals surface area contributed by atoms with Crippen LogP contribution in [0.3, 0.4) is 0 Å². The van der Waals surface area contributed by atoms with Gasteiger partial charge in [0.1, 0.15) is 0 Å². The zero-order valence-electron chi connectivity index (χ0n) is 14.1. The van der Waals surface area contributed by atoms with Crippen molar-refractivity contribution in [3.63, 3.8) is 0 Å². The molecule has 0 aliphatic carbocycles. The standard InChI is InChI=1S/C16H30N4O/c1-6-8-12(2)18-16(21)15(5)17-9-7-10-20-14(4)11-13(3)19-20/h11-12,15,17H,6-10H2,1-5H3,(H,18,21). The van der Waals surface area contributed by atoms with Crippen molar-refractivity contribution in [3.05, 3.63) is 17.5 Å². The van der Waals surface area contributed by atoms with Crippen LogP contribution in [0.1, 0.15) is 51.4 Å². The molecule has 1 rings (SSSR count). The molecular formula is C16H30N4O. The fourth-order valence-electron chi connectivity index (χ4n) is 2.41. The molecule has 0 saturated heterocycles. The maximum atomic E-state index is 12.0. The fraction of sp³-hybridized carbons (Fsp3) is 0.750. The monoisotopic (exact) mass is 294 g/mol. The minimum absolute atomic E-state index is 0.0852. The van der Waals surface area contributed by atoms with Crippen LogP contribution < -0.4 is 10.6 Å². The van der Waals surface area contributed by atoms with Gasteiger partial charge in [0.05, 0.1) is 11.7 Å². The third kappa shape index (κ3) is 6.29. The summed E-state index contributed by atoms with van der Waals surface area (Å²) in [5.41, 5.74) is 2.24. The van der Waals surface area contributed by atoms with E-state index < -0.39 is 0 Å². The molecule has 0 aromatic carbocycles. The first kappa shape index (κ1) is 17.7. The number of carbonyl (C=O) groups excluding carboxylic acids is 1. The lowest BCUT2D eigenvalue weighted by molar-refractivity contribution is -0.123. The van der Waals surface area contributed by atoms with Crippen molar-refractivity contribution in [2.75, 3.05) is 6.54 Å². The van der Waals surface area contributed by atoms with Crippen LogP contribution >= 0.6 is 0 Å². The molecule has 1 amide bonds. The lowest BCUT2D eigenvalue weighted by atomic mass is 10.2. The summed E-state index contributed by atoms with van der Waals surface area (Å²) in [6.45, 7) is 11.9. The molecule has 2 unspecified atom stereocenters. The number of hydrogen-bond acceptors (Lipinski definition) is 3. The van der Waals surface area contributed by atoms with Gasteiger partial charge in [0.2, 0.25) is 5.91 Å². The van der Waals surface area contributed by atoms with Crippen LogP contribution in [-0.2, 0) is 11.3 Å². The average Bonchev–Trinajstić information content (AvgIpc) is 2.73. The summed E-state index contributed by atoms with van der Waals surface area (Å²) in [5, 5.41) is 10.7. The summed E-state index contributed by atoms with van der Waals surface area (Å²) < 4.78 is 2.02. The van der Waals surface area contributed by atoms with E-state index in [0.717, 1.165) is 38.0 Å². The Bertz CT molecular complexity index is 441. The Kier molecular flexibility index (Phi) is 7.43. The predicted octanol–water partition coefficient (Wildman–Crippen LogP) is 2.17. The summed E-state index contributed by atoms with van der Waals surface area (Å²) in [6, 6.07) is 2.18. The molecule has 120 valence electrons. The SMILES string of the molecule is CCCC(C)NC(=O)C(C)NCCCn1nc(C)cc1C. The second-order valence-corrected chi connectivity index (χ2v) is 5.88. The molecule has 0 fully saturated rings. The van der Waals surface area contributed by atoms with Crippen molar-refractivity contribution in [2.45, 2.75) is 72.5 Å². The zero-order valence-corrected chi connectivity index (χ0v) is 14.1. The normalized spacial score (nSPS) is 14.0. The highest BCUT2D eigenvalue weighted by Gasteiger charge is 2.13. The fourth-order valence-corrected chi connectivity index (χ4v) is 2.41. The molecule has 2 atom stereocenters. The van der Waals surface area contributed by atoms with Crippen LogP contribution in [-0.4, -0.2) is 34.3 Å². The molecule has 0 aliphatic rings. The Hall–Kier alpha value is -1.36. The third-order valence-corrected chi connectivity index (χ3v) is 3.60. The van der Waals surface area contributed by atoms with Crippen molar-refractivity contribution >= 4 is 5.91 Å². The minimum Gasteiger partial charge on any atom is -0.352 e. The molecule has 1 aromatic heterocycles. The van der Waals surface area contributed by atoms with Crippen molar-refractivity contribution in [2.24, 2.45) is 0 Å². The van der Waals surface area contributed by atoms with Crippen molar-refractivity contribution in [3.8, 4) is 0 Å². The number of amides is 1. The second kappa shape index (κ2) is 8.82. The number of aromatic nitrogens is 2. The number of carbonyl (C=O) groups is 1. The van der Waals surface area contributed by atoms with E-state index in [0.29, 0.717) is 0 Å². The average molecular weight is 294 g/mol. The first-order chi connectivity index (χ1) is 9.93. The molecule has 21 heavy (non-hydrogen) atoms. The van der Waals surface area contributed by atoms with Gasteiger partial charge in [0.25, 0.3) is 0 Å². The summed E-state index contributed by atoms with van der Waals surface area (Å²) in [7, 11) is 0. The Morgan fingerprint density at radius 2 is 2.10 bits per heavy atom. The van der Waals surface area contributed by atoms with Crippen molar-refractivity contribution in [1.29, 1.82) is 0 Å². The molecule has 1 aromatic rings. The summed E-state index contributed by atoms with van der Waals surface area (Å²) in [6.07, 6.45) is 3.08. The summed E-state index contributed by atoms with van der Waals surface area (Å²) in [5.74, 6) is 0.0852. The lowest BCUT2D eigenvalue weighted by Crippen LogP contribution is -2.45. The van der Waals surface area contributed by atoms with Gasteiger partial charge in [0, 0.05) is 18.3 Å². The largest absolute Gasteiger partial charge is 0.352 e. The van der Waals surface area contributed by atoms with Crippen molar-refractivity contribution < 1.29 is 4.79 Å². The summed E-state index contributed by atoms with van der Waals surface area (Å²) >= 11 is 0. The number of hydrogen-bond donors (Lipinski definition) is 2. The molecule has 0 bridgehead atoms. The van der Waals surface area contributed by atoms with Crippen LogP contribution in [0, 0.1) is 13.8 Å². The van der Waals surface area contributed by atoms with Crippen LogP contribution in [0.15, 0.2) is 6.07 Å². The summed E-state index contributed by atoms with van der Waals surface area (Å²) in [4.78, 5) is 12.0. The van der Waals surface area contributed by atoms with Gasteiger partial charge in [-0.1, -0.05) is 13.3 Å². The Morgan fingerprint density at radius 3 is 2.67 bits per heavy atom. The molecule has 1 heterocycles. The van der Waals surface area contributed by atoms with E-state index >= 15 is 0 Å². The number of aryl methyl sites for hydroxylation is 3. The lowest BCUT2D eigenvalue weighted by Gasteiger charge is -2.18. The molecule has 0 radical (unpaired) electrons. The highest BCUT2D eigenvalue weighted by molar-refractivity contribution is 5.81. The first-order valence-corrected chi connectivity index (χ1v) is 7.98. The Balaban J connectivity index is 2.22. The van der Waals surface area contributed by atoms with E-state index in [1.807, 2.05) is 18.5 Å². The maximum absolute atomic E-state index is 12.0. The molecule has 2 N–H and O–H groups in total. The Labute approximate surface area is 128 Å². The van der Waals surface area contributed by atoms with Gasteiger partial charge in [0.15, 0.2) is 0 Å². The van der Waals surface area contributed by atoms with Gasteiger partial charge in [-0.25, -0.2) is 0 Å². The van der Waals surface area contributed by atoms with Gasteiger partial charge >= 0.3 is 0 Å². The van der Waals surface area contributed by atoms with E-state index in [1.165, 1.54) is 5.69 Å². The van der Waals surface area contributed by atoms with Crippen LogP contribution in [0.5, 0.6) is 0 Å². The zero-order chi connectivity index (χ0) is 15.8. The predicted molar refractivity (Wildman–Crippen MR) is 86.3 cm³/mol. The van der Waals surface area contributed by atoms with Gasteiger partial charge in [-0.15, -0.1) is 0 Å². The van der Waals surface area contributed by atoms with Gasteiger partial charge in [-0.05, 0) is 53.1 Å². The molecule has 0 saturated carbocycles. The van der Waals surface area contributed by atoms with E-state index in [1.54, 1.807) is 0 Å². The van der Waals surface area contributed by atoms with Crippen LogP contribution in [0.4, 0.5) is 0 Å². The Morgan fingerprint density at radius 1 is 1.38 bits per heavy atom. The third-order valence-electron chi connectivity index (χ3n) is 3.60. The highest BCUT2D eigenvalue weighted by Crippen LogP contribution is 2.02. The smallest absolute Gasteiger partial charge is 0.237 e. The molecule has 5 heteroatoms. The van der Waals surface area contributed by atoms with Crippen LogP contribution in [0.2, 0.25) is 0 Å². The van der Waals surface area contributed by atoms with E-state index in [9.17, 15) is 4.79 Å². The molecule has 0 aliphatic heterocycles. The number of rotatable bonds is 9. The van der Waals surface area contributed by atoms with E-state index in [2.05, 4.69) is 42.6 Å². The minimum atomic E-state index is -0.148. The molecule has 0 spiro atoms. The van der Waals surface area contributed by atoms with E-state index in [-0.39, 0.29) is 18.0 Å². The molecule has 5 nitrogen and oxygen atoms in total. The maximum Gasteiger partial charge on any atom is 0.237 e. The van der Waals surface area contributed by atoms with Gasteiger partial charge in [-0.2, -0.15) is 5.10 Å². The van der Waals surface area contributed by atoms with Gasteiger partial charge in [-0.3, -0.25) is 9.48 Å². The van der Waals surface area contributed by atoms with E-state index in [4.69, 9.17) is 0 Å². The quantitative estimate of drug-likeness (QED) is 0.686. The first-order valence-electron chi connectivity index (χ1n) is 7.98. The molecular weight excluding hydrogens is 264 g/mol. The number of nitrogens with zero attached hydrogens (tertiary/aromatic N) is 2. The highest BCUT2D eigenvalue weighted by atomic mass is 16.2.